The van der Waals surface area contributed by atoms with Gasteiger partial charge in [-0.05, 0) is 42.7 Å². The van der Waals surface area contributed by atoms with Gasteiger partial charge in [0.1, 0.15) is 0 Å². The molecule has 0 aromatic rings. The fourth-order valence-electron chi connectivity index (χ4n) is 2.30. The second-order valence-electron chi connectivity index (χ2n) is 4.72. The number of ether oxygens (including phenoxy) is 1. The van der Waals surface area contributed by atoms with Gasteiger partial charge in [-0.1, -0.05) is 19.4 Å². The zero-order valence-electron chi connectivity index (χ0n) is 9.47. The SMILES string of the molecule is COC1=CC(C2CC2)=C(C(C)C)CC1. The van der Waals surface area contributed by atoms with Gasteiger partial charge in [0.2, 0.25) is 0 Å². The van der Waals surface area contributed by atoms with E-state index >= 15 is 0 Å². The maximum atomic E-state index is 5.35. The summed E-state index contributed by atoms with van der Waals surface area (Å²) in [6, 6.07) is 0. The molecule has 0 aromatic carbocycles. The van der Waals surface area contributed by atoms with E-state index < -0.39 is 0 Å². The number of allylic oxidation sites excluding steroid dienone is 4. The van der Waals surface area contributed by atoms with E-state index in [9.17, 15) is 0 Å². The topological polar surface area (TPSA) is 9.23 Å². The van der Waals surface area contributed by atoms with E-state index in [4.69, 9.17) is 4.74 Å². The summed E-state index contributed by atoms with van der Waals surface area (Å²) in [4.78, 5) is 0. The third-order valence-corrected chi connectivity index (χ3v) is 3.30. The van der Waals surface area contributed by atoms with Crippen molar-refractivity contribution in [2.45, 2.75) is 39.5 Å². The Morgan fingerprint density at radius 2 is 2.00 bits per heavy atom. The van der Waals surface area contributed by atoms with E-state index in [0.717, 1.165) is 12.3 Å². The van der Waals surface area contributed by atoms with Crippen molar-refractivity contribution in [2.75, 3.05) is 7.11 Å². The number of methoxy groups -OCH3 is 1. The molecule has 1 heteroatoms. The van der Waals surface area contributed by atoms with Crippen LogP contribution in [0.1, 0.15) is 39.5 Å². The van der Waals surface area contributed by atoms with Crippen molar-refractivity contribution in [2.24, 2.45) is 11.8 Å². The molecule has 78 valence electrons. The van der Waals surface area contributed by atoms with Gasteiger partial charge < -0.3 is 4.74 Å². The fourth-order valence-corrected chi connectivity index (χ4v) is 2.30. The van der Waals surface area contributed by atoms with Crippen LogP contribution in [-0.2, 0) is 4.74 Å². The predicted molar refractivity (Wildman–Crippen MR) is 58.9 cm³/mol. The van der Waals surface area contributed by atoms with Gasteiger partial charge in [-0.2, -0.15) is 0 Å². The summed E-state index contributed by atoms with van der Waals surface area (Å²) in [7, 11) is 1.79. The molecule has 2 rings (SSSR count). The van der Waals surface area contributed by atoms with E-state index in [2.05, 4.69) is 19.9 Å². The van der Waals surface area contributed by atoms with Gasteiger partial charge in [-0.25, -0.2) is 0 Å². The summed E-state index contributed by atoms with van der Waals surface area (Å²) in [6.07, 6.45) is 7.39. The third-order valence-electron chi connectivity index (χ3n) is 3.30. The van der Waals surface area contributed by atoms with Crippen molar-refractivity contribution in [3.8, 4) is 0 Å². The first-order valence-electron chi connectivity index (χ1n) is 5.70. The Labute approximate surface area is 86.8 Å². The Balaban J connectivity index is 2.26. The summed E-state index contributed by atoms with van der Waals surface area (Å²) in [5.74, 6) is 2.74. The highest BCUT2D eigenvalue weighted by Crippen LogP contribution is 2.43. The molecule has 0 unspecified atom stereocenters. The standard InChI is InChI=1S/C13H20O/c1-9(2)12-7-6-11(14-3)8-13(12)10-4-5-10/h8-10H,4-7H2,1-3H3. The minimum atomic E-state index is 0.709. The Kier molecular flexibility index (Phi) is 2.66. The van der Waals surface area contributed by atoms with Gasteiger partial charge >= 0.3 is 0 Å². The Morgan fingerprint density at radius 3 is 2.50 bits per heavy atom. The molecule has 0 aromatic heterocycles. The number of rotatable bonds is 3. The van der Waals surface area contributed by atoms with Crippen LogP contribution in [0.15, 0.2) is 23.0 Å². The molecular formula is C13H20O. The summed E-state index contributed by atoms with van der Waals surface area (Å²) in [6.45, 7) is 4.62. The van der Waals surface area contributed by atoms with Crippen molar-refractivity contribution < 1.29 is 4.74 Å². The van der Waals surface area contributed by atoms with Crippen LogP contribution in [0.2, 0.25) is 0 Å². The molecule has 2 aliphatic carbocycles. The average molecular weight is 192 g/mol. The maximum Gasteiger partial charge on any atom is 0.0961 e. The lowest BCUT2D eigenvalue weighted by Crippen LogP contribution is -2.07. The van der Waals surface area contributed by atoms with E-state index in [1.807, 2.05) is 0 Å². The second kappa shape index (κ2) is 3.80. The molecule has 1 fully saturated rings. The van der Waals surface area contributed by atoms with Crippen LogP contribution in [0.4, 0.5) is 0 Å². The summed E-state index contributed by atoms with van der Waals surface area (Å²) in [5, 5.41) is 0. The van der Waals surface area contributed by atoms with Crippen LogP contribution in [-0.4, -0.2) is 7.11 Å². The summed E-state index contributed by atoms with van der Waals surface area (Å²) in [5.41, 5.74) is 3.27. The fraction of sp³-hybridized carbons (Fsp3) is 0.692. The molecule has 1 saturated carbocycles. The monoisotopic (exact) mass is 192 g/mol. The molecule has 1 nitrogen and oxygen atoms in total. The first-order valence-corrected chi connectivity index (χ1v) is 5.70. The van der Waals surface area contributed by atoms with Gasteiger partial charge in [-0.3, -0.25) is 0 Å². The molecule has 0 N–H and O–H groups in total. The molecule has 0 saturated heterocycles. The molecule has 0 radical (unpaired) electrons. The van der Waals surface area contributed by atoms with Crippen LogP contribution in [0.25, 0.3) is 0 Å². The van der Waals surface area contributed by atoms with Crippen molar-refractivity contribution in [3.63, 3.8) is 0 Å². The van der Waals surface area contributed by atoms with Gasteiger partial charge in [-0.15, -0.1) is 0 Å². The van der Waals surface area contributed by atoms with Crippen LogP contribution in [0, 0.1) is 11.8 Å². The lowest BCUT2D eigenvalue weighted by atomic mass is 9.86. The highest BCUT2D eigenvalue weighted by molar-refractivity contribution is 5.36. The quantitative estimate of drug-likeness (QED) is 0.663. The predicted octanol–water partition coefficient (Wildman–Crippen LogP) is 3.67. The van der Waals surface area contributed by atoms with E-state index in [0.29, 0.717) is 5.92 Å². The zero-order valence-corrected chi connectivity index (χ0v) is 9.47. The maximum absolute atomic E-state index is 5.35. The first kappa shape index (κ1) is 9.82. The second-order valence-corrected chi connectivity index (χ2v) is 4.72. The lowest BCUT2D eigenvalue weighted by Gasteiger charge is -2.22. The molecule has 2 aliphatic rings. The highest BCUT2D eigenvalue weighted by Gasteiger charge is 2.30. The molecule has 0 amide bonds. The molecule has 14 heavy (non-hydrogen) atoms. The minimum Gasteiger partial charge on any atom is -0.501 e. The zero-order chi connectivity index (χ0) is 10.1. The number of hydrogen-bond donors (Lipinski definition) is 0. The molecule has 0 bridgehead atoms. The molecule has 0 atom stereocenters. The number of hydrogen-bond acceptors (Lipinski definition) is 1. The van der Waals surface area contributed by atoms with Gasteiger partial charge in [0.15, 0.2) is 0 Å². The molecule has 0 spiro atoms. The van der Waals surface area contributed by atoms with Crippen LogP contribution < -0.4 is 0 Å². The van der Waals surface area contributed by atoms with Gasteiger partial charge in [0, 0.05) is 6.42 Å². The smallest absolute Gasteiger partial charge is 0.0961 e. The van der Waals surface area contributed by atoms with Crippen LogP contribution in [0.5, 0.6) is 0 Å². The van der Waals surface area contributed by atoms with E-state index in [1.165, 1.54) is 25.0 Å². The van der Waals surface area contributed by atoms with Crippen molar-refractivity contribution in [1.82, 2.24) is 0 Å². The first-order chi connectivity index (χ1) is 6.72. The van der Waals surface area contributed by atoms with E-state index in [1.54, 1.807) is 18.3 Å². The van der Waals surface area contributed by atoms with Crippen LogP contribution >= 0.6 is 0 Å². The van der Waals surface area contributed by atoms with E-state index in [-0.39, 0.29) is 0 Å². The highest BCUT2D eigenvalue weighted by atomic mass is 16.5. The van der Waals surface area contributed by atoms with Crippen molar-refractivity contribution >= 4 is 0 Å². The van der Waals surface area contributed by atoms with Crippen molar-refractivity contribution in [1.29, 1.82) is 0 Å². The Bertz CT molecular complexity index is 280. The Hall–Kier alpha value is -0.720. The molecular weight excluding hydrogens is 172 g/mol. The largest absolute Gasteiger partial charge is 0.501 e. The van der Waals surface area contributed by atoms with Crippen LogP contribution in [0.3, 0.4) is 0 Å². The molecule has 0 aliphatic heterocycles. The minimum absolute atomic E-state index is 0.709. The average Bonchev–Trinajstić information content (AvgIpc) is 3.00. The Morgan fingerprint density at radius 1 is 1.29 bits per heavy atom. The normalized spacial score (nSPS) is 22.7. The summed E-state index contributed by atoms with van der Waals surface area (Å²) < 4.78 is 5.35. The lowest BCUT2D eigenvalue weighted by molar-refractivity contribution is 0.273. The van der Waals surface area contributed by atoms with Crippen molar-refractivity contribution in [3.05, 3.63) is 23.0 Å². The summed E-state index contributed by atoms with van der Waals surface area (Å²) >= 11 is 0. The third kappa shape index (κ3) is 1.87. The van der Waals surface area contributed by atoms with Gasteiger partial charge in [0.25, 0.3) is 0 Å². The molecule has 0 heterocycles. The van der Waals surface area contributed by atoms with Gasteiger partial charge in [0.05, 0.1) is 12.9 Å².